The van der Waals surface area contributed by atoms with Crippen LogP contribution in [0.2, 0.25) is 0 Å². The van der Waals surface area contributed by atoms with Crippen LogP contribution in [0, 0.1) is 13.8 Å². The van der Waals surface area contributed by atoms with Crippen LogP contribution in [-0.2, 0) is 11.2 Å². The van der Waals surface area contributed by atoms with E-state index in [1.807, 2.05) is 24.5 Å². The molecule has 0 unspecified atom stereocenters. The summed E-state index contributed by atoms with van der Waals surface area (Å²) in [5.41, 5.74) is 2.37. The molecule has 0 aromatic carbocycles. The molecule has 19 heavy (non-hydrogen) atoms. The lowest BCUT2D eigenvalue weighted by atomic mass is 9.94. The summed E-state index contributed by atoms with van der Waals surface area (Å²) in [6.45, 7) is 3.84. The van der Waals surface area contributed by atoms with E-state index in [-0.39, 0.29) is 18.0 Å². The van der Waals surface area contributed by atoms with E-state index in [0.717, 1.165) is 24.1 Å². The maximum absolute atomic E-state index is 12.6. The quantitative estimate of drug-likeness (QED) is 0.798. The number of carbonyl (C=O) groups excluding carboxylic acids is 1. The van der Waals surface area contributed by atoms with Gasteiger partial charge in [0.05, 0.1) is 6.42 Å². The van der Waals surface area contributed by atoms with Gasteiger partial charge in [-0.1, -0.05) is 19.3 Å². The average molecular weight is 282 g/mol. The molecule has 1 fully saturated rings. The molecular weight excluding hydrogens is 262 g/mol. The molecule has 0 saturated heterocycles. The Kier molecular flexibility index (Phi) is 4.46. The summed E-state index contributed by atoms with van der Waals surface area (Å²) in [5.74, 6) is 0. The highest BCUT2D eigenvalue weighted by Crippen LogP contribution is 2.28. The highest BCUT2D eigenvalue weighted by Gasteiger charge is 2.21. The van der Waals surface area contributed by atoms with Gasteiger partial charge in [-0.05, 0) is 49.9 Å². The minimum absolute atomic E-state index is 0.0270. The van der Waals surface area contributed by atoms with Gasteiger partial charge in [-0.25, -0.2) is 0 Å². The largest absolute Gasteiger partial charge is 0.310 e. The predicted octanol–water partition coefficient (Wildman–Crippen LogP) is 3.28. The number of rotatable bonds is 3. The molecule has 1 aromatic heterocycles. The molecule has 0 radical (unpaired) electrons. The second-order valence-corrected chi connectivity index (χ2v) is 5.87. The molecule has 1 saturated carbocycles. The topological polar surface area (TPSA) is 39.1 Å². The number of hydrogen-bond donors (Lipinski definition) is 0. The lowest BCUT2D eigenvalue weighted by Crippen LogP contribution is -2.32. The number of aryl methyl sites for hydroxylation is 2. The van der Waals surface area contributed by atoms with Gasteiger partial charge in [-0.3, -0.25) is 9.59 Å². The molecule has 3 nitrogen and oxygen atoms in total. The van der Waals surface area contributed by atoms with E-state index in [0.29, 0.717) is 5.56 Å². The number of halogens is 1. The van der Waals surface area contributed by atoms with Crippen molar-refractivity contribution in [1.82, 2.24) is 4.57 Å². The van der Waals surface area contributed by atoms with Crippen LogP contribution in [0.4, 0.5) is 0 Å². The minimum atomic E-state index is -0.473. The van der Waals surface area contributed by atoms with E-state index in [1.165, 1.54) is 19.3 Å². The van der Waals surface area contributed by atoms with Gasteiger partial charge in [0.2, 0.25) is 5.24 Å². The van der Waals surface area contributed by atoms with Crippen LogP contribution in [0.1, 0.15) is 55.0 Å². The average Bonchev–Trinajstić information content (AvgIpc) is 2.35. The second kappa shape index (κ2) is 5.91. The van der Waals surface area contributed by atoms with Crippen molar-refractivity contribution < 1.29 is 4.79 Å². The Morgan fingerprint density at radius 3 is 2.53 bits per heavy atom. The highest BCUT2D eigenvalue weighted by atomic mass is 35.5. The monoisotopic (exact) mass is 281 g/mol. The molecule has 1 aliphatic carbocycles. The second-order valence-electron chi connectivity index (χ2n) is 5.45. The number of aromatic nitrogens is 1. The maximum atomic E-state index is 12.6. The fourth-order valence-electron chi connectivity index (χ4n) is 3.09. The van der Waals surface area contributed by atoms with Crippen molar-refractivity contribution in [2.45, 2.75) is 58.4 Å². The van der Waals surface area contributed by atoms with E-state index in [1.54, 1.807) is 0 Å². The van der Waals surface area contributed by atoms with Gasteiger partial charge in [0, 0.05) is 17.3 Å². The highest BCUT2D eigenvalue weighted by molar-refractivity contribution is 6.63. The van der Waals surface area contributed by atoms with Crippen molar-refractivity contribution in [2.24, 2.45) is 0 Å². The zero-order chi connectivity index (χ0) is 14.0. The smallest absolute Gasteiger partial charge is 0.254 e. The summed E-state index contributed by atoms with van der Waals surface area (Å²) in [7, 11) is 0. The van der Waals surface area contributed by atoms with E-state index < -0.39 is 5.24 Å². The van der Waals surface area contributed by atoms with Crippen LogP contribution in [0.15, 0.2) is 10.9 Å². The van der Waals surface area contributed by atoms with Gasteiger partial charge in [0.25, 0.3) is 5.56 Å². The Bertz CT molecular complexity index is 542. The third kappa shape index (κ3) is 3.08. The molecule has 0 amide bonds. The minimum Gasteiger partial charge on any atom is -0.310 e. The number of nitrogens with zero attached hydrogens (tertiary/aromatic N) is 1. The van der Waals surface area contributed by atoms with Gasteiger partial charge in [0.15, 0.2) is 0 Å². The molecule has 0 atom stereocenters. The van der Waals surface area contributed by atoms with Crippen molar-refractivity contribution in [3.63, 3.8) is 0 Å². The lowest BCUT2D eigenvalue weighted by molar-refractivity contribution is -0.111. The molecule has 104 valence electrons. The standard InChI is InChI=1S/C15H20ClNO2/c1-10-8-11(2)17(12-6-4-3-5-7-12)15(19)13(10)9-14(16)18/h8,12H,3-7,9H2,1-2H3. The molecular formula is C15H20ClNO2. The molecule has 1 aromatic rings. The molecule has 0 bridgehead atoms. The van der Waals surface area contributed by atoms with E-state index in [4.69, 9.17) is 11.6 Å². The third-order valence-corrected chi connectivity index (χ3v) is 4.15. The van der Waals surface area contributed by atoms with Crippen molar-refractivity contribution in [3.05, 3.63) is 33.2 Å². The molecule has 0 spiro atoms. The van der Waals surface area contributed by atoms with Crippen molar-refractivity contribution in [2.75, 3.05) is 0 Å². The van der Waals surface area contributed by atoms with E-state index in [2.05, 4.69) is 0 Å². The van der Waals surface area contributed by atoms with Gasteiger partial charge in [-0.15, -0.1) is 0 Å². The zero-order valence-corrected chi connectivity index (χ0v) is 12.3. The van der Waals surface area contributed by atoms with E-state index in [9.17, 15) is 9.59 Å². The summed E-state index contributed by atoms with van der Waals surface area (Å²) in [6.07, 6.45) is 5.74. The SMILES string of the molecule is Cc1cc(C)n(C2CCCCC2)c(=O)c1CC(=O)Cl. The predicted molar refractivity (Wildman–Crippen MR) is 76.9 cm³/mol. The van der Waals surface area contributed by atoms with Crippen molar-refractivity contribution >= 4 is 16.8 Å². The van der Waals surface area contributed by atoms with Gasteiger partial charge < -0.3 is 4.57 Å². The first-order valence-electron chi connectivity index (χ1n) is 6.90. The van der Waals surface area contributed by atoms with Crippen LogP contribution in [0.25, 0.3) is 0 Å². The van der Waals surface area contributed by atoms with Crippen LogP contribution >= 0.6 is 11.6 Å². The normalized spacial score (nSPS) is 16.6. The molecule has 2 rings (SSSR count). The zero-order valence-electron chi connectivity index (χ0n) is 11.5. The molecule has 0 N–H and O–H groups in total. The summed E-state index contributed by atoms with van der Waals surface area (Å²) in [4.78, 5) is 23.7. The van der Waals surface area contributed by atoms with Crippen LogP contribution in [0.5, 0.6) is 0 Å². The number of pyridine rings is 1. The van der Waals surface area contributed by atoms with E-state index >= 15 is 0 Å². The first-order chi connectivity index (χ1) is 9.00. The molecule has 4 heteroatoms. The number of hydrogen-bond acceptors (Lipinski definition) is 2. The summed E-state index contributed by atoms with van der Waals surface area (Å²) in [5, 5.41) is -0.473. The molecule has 0 aliphatic heterocycles. The Morgan fingerprint density at radius 1 is 1.32 bits per heavy atom. The van der Waals surface area contributed by atoms with Crippen LogP contribution in [0.3, 0.4) is 0 Å². The number of carbonyl (C=O) groups is 1. The van der Waals surface area contributed by atoms with Gasteiger partial charge >= 0.3 is 0 Å². The van der Waals surface area contributed by atoms with Gasteiger partial charge in [0.1, 0.15) is 0 Å². The molecule has 1 heterocycles. The van der Waals surface area contributed by atoms with Crippen molar-refractivity contribution in [1.29, 1.82) is 0 Å². The van der Waals surface area contributed by atoms with Crippen LogP contribution in [-0.4, -0.2) is 9.81 Å². The fraction of sp³-hybridized carbons (Fsp3) is 0.600. The lowest BCUT2D eigenvalue weighted by Gasteiger charge is -2.27. The van der Waals surface area contributed by atoms with Crippen LogP contribution < -0.4 is 5.56 Å². The first-order valence-corrected chi connectivity index (χ1v) is 7.28. The summed E-state index contributed by atoms with van der Waals surface area (Å²) >= 11 is 5.45. The Labute approximate surface area is 118 Å². The molecule has 1 aliphatic rings. The Hall–Kier alpha value is -1.09. The van der Waals surface area contributed by atoms with Crippen molar-refractivity contribution in [3.8, 4) is 0 Å². The third-order valence-electron chi connectivity index (χ3n) is 4.01. The maximum Gasteiger partial charge on any atom is 0.254 e. The summed E-state index contributed by atoms with van der Waals surface area (Å²) < 4.78 is 1.88. The Balaban J connectivity index is 2.47. The Morgan fingerprint density at radius 2 is 1.95 bits per heavy atom. The first kappa shape index (κ1) is 14.3. The van der Waals surface area contributed by atoms with Gasteiger partial charge in [-0.2, -0.15) is 0 Å². The summed E-state index contributed by atoms with van der Waals surface area (Å²) in [6, 6.07) is 2.27. The fourth-order valence-corrected chi connectivity index (χ4v) is 3.22.